The molecule has 1 saturated heterocycles. The van der Waals surface area contributed by atoms with E-state index in [9.17, 15) is 5.11 Å². The van der Waals surface area contributed by atoms with Gasteiger partial charge in [0.25, 0.3) is 0 Å². The average Bonchev–Trinajstić information content (AvgIpc) is 2.72. The number of hydrogen-bond donors (Lipinski definition) is 1. The molecule has 2 aromatic carbocycles. The summed E-state index contributed by atoms with van der Waals surface area (Å²) in [5, 5.41) is 9.78. The minimum atomic E-state index is -0.728. The number of aliphatic hydroxyl groups excluding tert-OH is 1. The molecule has 4 atom stereocenters. The molecule has 0 saturated carbocycles. The average molecular weight is 372 g/mol. The molecular formula is C22H28O5. The number of ether oxygens (including phenoxy) is 4. The molecule has 0 amide bonds. The lowest BCUT2D eigenvalue weighted by molar-refractivity contribution is -0.311. The lowest BCUT2D eigenvalue weighted by atomic mass is 9.92. The van der Waals surface area contributed by atoms with E-state index < -0.39 is 18.0 Å². The van der Waals surface area contributed by atoms with Crippen molar-refractivity contribution in [3.63, 3.8) is 0 Å². The molecule has 0 spiro atoms. The van der Waals surface area contributed by atoms with Crippen LogP contribution in [0.25, 0.3) is 0 Å². The van der Waals surface area contributed by atoms with E-state index in [4.69, 9.17) is 18.9 Å². The summed E-state index contributed by atoms with van der Waals surface area (Å²) >= 11 is 0. The van der Waals surface area contributed by atoms with E-state index in [1.807, 2.05) is 67.6 Å². The van der Waals surface area contributed by atoms with Crippen molar-refractivity contribution >= 4 is 0 Å². The van der Waals surface area contributed by atoms with Gasteiger partial charge in [-0.3, -0.25) is 0 Å². The Morgan fingerprint density at radius 3 is 2.04 bits per heavy atom. The van der Waals surface area contributed by atoms with Crippen molar-refractivity contribution in [3.8, 4) is 0 Å². The minimum Gasteiger partial charge on any atom is -0.393 e. The molecule has 1 heterocycles. The SMILES string of the molecule is COC1OC(C)(CO)CC(OCc2ccccc2)C1OCc1ccccc1. The predicted octanol–water partition coefficient (Wildman–Crippen LogP) is 3.30. The molecule has 5 heteroatoms. The Bertz CT molecular complexity index is 678. The maximum absolute atomic E-state index is 9.78. The Hall–Kier alpha value is -1.76. The summed E-state index contributed by atoms with van der Waals surface area (Å²) in [6.07, 6.45) is -0.737. The van der Waals surface area contributed by atoms with E-state index >= 15 is 0 Å². The summed E-state index contributed by atoms with van der Waals surface area (Å²) in [7, 11) is 1.58. The Balaban J connectivity index is 1.72. The van der Waals surface area contributed by atoms with Gasteiger partial charge < -0.3 is 24.1 Å². The van der Waals surface area contributed by atoms with Crippen LogP contribution in [0.2, 0.25) is 0 Å². The van der Waals surface area contributed by atoms with Gasteiger partial charge in [0.1, 0.15) is 6.10 Å². The molecule has 0 bridgehead atoms. The molecule has 0 aromatic heterocycles. The molecule has 0 radical (unpaired) electrons. The quantitative estimate of drug-likeness (QED) is 0.771. The van der Waals surface area contributed by atoms with Crippen molar-refractivity contribution in [1.29, 1.82) is 0 Å². The van der Waals surface area contributed by atoms with Crippen molar-refractivity contribution in [2.24, 2.45) is 0 Å². The van der Waals surface area contributed by atoms with E-state index in [0.717, 1.165) is 11.1 Å². The molecule has 27 heavy (non-hydrogen) atoms. The maximum atomic E-state index is 9.78. The van der Waals surface area contributed by atoms with Crippen molar-refractivity contribution < 1.29 is 24.1 Å². The van der Waals surface area contributed by atoms with E-state index in [-0.39, 0.29) is 12.7 Å². The van der Waals surface area contributed by atoms with Gasteiger partial charge in [0.05, 0.1) is 31.5 Å². The standard InChI is InChI=1S/C22H28O5/c1-22(16-23)13-19(25-14-17-9-5-3-6-10-17)20(21(24-2)27-22)26-15-18-11-7-4-8-12-18/h3-12,19-21,23H,13-16H2,1-2H3. The molecule has 4 unspecified atom stereocenters. The van der Waals surface area contributed by atoms with Gasteiger partial charge in [-0.15, -0.1) is 0 Å². The Morgan fingerprint density at radius 1 is 0.963 bits per heavy atom. The summed E-state index contributed by atoms with van der Waals surface area (Å²) in [4.78, 5) is 0. The van der Waals surface area contributed by atoms with E-state index in [1.165, 1.54) is 0 Å². The van der Waals surface area contributed by atoms with Crippen LogP contribution < -0.4 is 0 Å². The highest BCUT2D eigenvalue weighted by atomic mass is 16.7. The van der Waals surface area contributed by atoms with Crippen LogP contribution >= 0.6 is 0 Å². The highest BCUT2D eigenvalue weighted by Crippen LogP contribution is 2.33. The molecule has 1 aliphatic heterocycles. The minimum absolute atomic E-state index is 0.108. The van der Waals surface area contributed by atoms with Crippen molar-refractivity contribution in [2.45, 2.75) is 50.7 Å². The second kappa shape index (κ2) is 9.44. The summed E-state index contributed by atoms with van der Waals surface area (Å²) in [5.41, 5.74) is 1.43. The van der Waals surface area contributed by atoms with Crippen LogP contribution in [0.5, 0.6) is 0 Å². The van der Waals surface area contributed by atoms with Crippen molar-refractivity contribution in [1.82, 2.24) is 0 Å². The first-order valence-electron chi connectivity index (χ1n) is 9.26. The molecule has 5 nitrogen and oxygen atoms in total. The molecule has 2 aromatic rings. The van der Waals surface area contributed by atoms with E-state index in [0.29, 0.717) is 19.6 Å². The van der Waals surface area contributed by atoms with Gasteiger partial charge in [-0.05, 0) is 18.1 Å². The second-order valence-electron chi connectivity index (χ2n) is 7.13. The summed E-state index contributed by atoms with van der Waals surface area (Å²) in [5.74, 6) is 0. The fourth-order valence-electron chi connectivity index (χ4n) is 3.28. The van der Waals surface area contributed by atoms with Gasteiger partial charge in [-0.1, -0.05) is 60.7 Å². The van der Waals surface area contributed by atoms with E-state index in [1.54, 1.807) is 7.11 Å². The first-order valence-corrected chi connectivity index (χ1v) is 9.26. The topological polar surface area (TPSA) is 57.2 Å². The molecular weight excluding hydrogens is 344 g/mol. The van der Waals surface area contributed by atoms with Gasteiger partial charge >= 0.3 is 0 Å². The second-order valence-corrected chi connectivity index (χ2v) is 7.13. The van der Waals surface area contributed by atoms with Crippen LogP contribution in [-0.2, 0) is 32.2 Å². The fourth-order valence-corrected chi connectivity index (χ4v) is 3.28. The molecule has 146 valence electrons. The third-order valence-electron chi connectivity index (χ3n) is 4.83. The zero-order valence-corrected chi connectivity index (χ0v) is 15.9. The lowest BCUT2D eigenvalue weighted by Gasteiger charge is -2.45. The van der Waals surface area contributed by atoms with Crippen LogP contribution in [0.4, 0.5) is 0 Å². The Labute approximate surface area is 160 Å². The zero-order chi connectivity index (χ0) is 19.1. The van der Waals surface area contributed by atoms with Crippen molar-refractivity contribution in [2.75, 3.05) is 13.7 Å². The normalized spacial score (nSPS) is 28.2. The van der Waals surface area contributed by atoms with Gasteiger partial charge in [-0.25, -0.2) is 0 Å². The third kappa shape index (κ3) is 5.37. The number of aliphatic hydroxyl groups is 1. The molecule has 1 aliphatic rings. The Kier molecular flexibility index (Phi) is 6.99. The fraction of sp³-hybridized carbons (Fsp3) is 0.455. The largest absolute Gasteiger partial charge is 0.393 e. The highest BCUT2D eigenvalue weighted by Gasteiger charge is 2.46. The smallest absolute Gasteiger partial charge is 0.186 e. The number of rotatable bonds is 8. The van der Waals surface area contributed by atoms with Crippen LogP contribution in [0.3, 0.4) is 0 Å². The first kappa shape index (κ1) is 20.0. The van der Waals surface area contributed by atoms with Crippen LogP contribution in [0, 0.1) is 0 Å². The van der Waals surface area contributed by atoms with Crippen LogP contribution in [-0.4, -0.2) is 42.9 Å². The first-order chi connectivity index (χ1) is 13.1. The molecule has 0 aliphatic carbocycles. The predicted molar refractivity (Wildman–Crippen MR) is 102 cm³/mol. The maximum Gasteiger partial charge on any atom is 0.186 e. The molecule has 3 rings (SSSR count). The summed E-state index contributed by atoms with van der Waals surface area (Å²) < 4.78 is 23.9. The number of methoxy groups -OCH3 is 1. The summed E-state index contributed by atoms with van der Waals surface area (Å²) in [6, 6.07) is 20.0. The monoisotopic (exact) mass is 372 g/mol. The zero-order valence-electron chi connectivity index (χ0n) is 15.9. The molecule has 1 N–H and O–H groups in total. The highest BCUT2D eigenvalue weighted by molar-refractivity contribution is 5.14. The van der Waals surface area contributed by atoms with E-state index in [2.05, 4.69) is 0 Å². The van der Waals surface area contributed by atoms with Gasteiger partial charge in [0, 0.05) is 13.5 Å². The summed E-state index contributed by atoms with van der Waals surface area (Å²) in [6.45, 7) is 2.67. The van der Waals surface area contributed by atoms with Crippen molar-refractivity contribution in [3.05, 3.63) is 71.8 Å². The Morgan fingerprint density at radius 2 is 1.52 bits per heavy atom. The third-order valence-corrected chi connectivity index (χ3v) is 4.83. The number of benzene rings is 2. The van der Waals surface area contributed by atoms with Crippen LogP contribution in [0.1, 0.15) is 24.5 Å². The number of hydrogen-bond acceptors (Lipinski definition) is 5. The van der Waals surface area contributed by atoms with Gasteiger partial charge in [-0.2, -0.15) is 0 Å². The van der Waals surface area contributed by atoms with Gasteiger partial charge in [0.2, 0.25) is 0 Å². The molecule has 1 fully saturated rings. The lowest BCUT2D eigenvalue weighted by Crippen LogP contribution is -2.57. The van der Waals surface area contributed by atoms with Crippen LogP contribution in [0.15, 0.2) is 60.7 Å². The van der Waals surface area contributed by atoms with Gasteiger partial charge in [0.15, 0.2) is 6.29 Å².